The maximum Gasteiger partial charge on any atom is 0.154 e. The van der Waals surface area contributed by atoms with E-state index in [4.69, 9.17) is 0 Å². The van der Waals surface area contributed by atoms with Crippen LogP contribution < -0.4 is 0 Å². The Labute approximate surface area is 94.2 Å². The van der Waals surface area contributed by atoms with Crippen LogP contribution >= 0.6 is 11.8 Å². The molecule has 0 N–H and O–H groups in total. The molecule has 0 spiro atoms. The molecule has 0 saturated carbocycles. The summed E-state index contributed by atoms with van der Waals surface area (Å²) in [6, 6.07) is 1.92. The molecule has 1 atom stereocenters. The molecule has 0 amide bonds. The Hall–Kier alpha value is -0.770. The van der Waals surface area contributed by atoms with Gasteiger partial charge in [0.1, 0.15) is 0 Å². The van der Waals surface area contributed by atoms with Gasteiger partial charge in [-0.2, -0.15) is 5.10 Å². The largest absolute Gasteiger partial charge is 0.298 e. The number of ketones is 1. The summed E-state index contributed by atoms with van der Waals surface area (Å²) in [5.41, 5.74) is 0.885. The second-order valence-corrected chi connectivity index (χ2v) is 5.86. The van der Waals surface area contributed by atoms with Gasteiger partial charge in [-0.1, -0.05) is 0 Å². The average Bonchev–Trinajstić information content (AvgIpc) is 2.76. The zero-order valence-corrected chi connectivity index (χ0v) is 10.0. The summed E-state index contributed by atoms with van der Waals surface area (Å²) in [7, 11) is 1.88. The topological polar surface area (TPSA) is 34.9 Å². The molecule has 4 heteroatoms. The van der Waals surface area contributed by atoms with Gasteiger partial charge in [-0.3, -0.25) is 9.48 Å². The monoisotopic (exact) mass is 224 g/mol. The molecule has 1 aromatic rings. The van der Waals surface area contributed by atoms with E-state index in [0.717, 1.165) is 24.3 Å². The van der Waals surface area contributed by atoms with Gasteiger partial charge in [0.25, 0.3) is 0 Å². The van der Waals surface area contributed by atoms with Crippen molar-refractivity contribution >= 4 is 17.5 Å². The van der Waals surface area contributed by atoms with E-state index in [1.54, 1.807) is 16.4 Å². The van der Waals surface area contributed by atoms with Crippen LogP contribution in [0.25, 0.3) is 0 Å². The number of carbonyl (C=O) groups is 1. The molecular weight excluding hydrogens is 208 g/mol. The molecule has 1 fully saturated rings. The van der Waals surface area contributed by atoms with Crippen LogP contribution in [0.15, 0.2) is 12.3 Å². The molecule has 0 aliphatic carbocycles. The first kappa shape index (κ1) is 10.7. The fourth-order valence-electron chi connectivity index (χ4n) is 1.91. The number of aromatic nitrogens is 2. The number of rotatable bonds is 3. The summed E-state index contributed by atoms with van der Waals surface area (Å²) < 4.78 is 1.59. The smallest absolute Gasteiger partial charge is 0.154 e. The van der Waals surface area contributed by atoms with Crippen molar-refractivity contribution in [2.75, 3.05) is 5.75 Å². The Morgan fingerprint density at radius 3 is 3.07 bits per heavy atom. The molecule has 1 saturated heterocycles. The number of aryl methyl sites for hydroxylation is 1. The number of hydrogen-bond donors (Lipinski definition) is 0. The quantitative estimate of drug-likeness (QED) is 0.785. The summed E-state index contributed by atoms with van der Waals surface area (Å²) in [6.07, 6.45) is 4.54. The molecule has 1 unspecified atom stereocenters. The van der Waals surface area contributed by atoms with Crippen LogP contribution in [0.3, 0.4) is 0 Å². The molecule has 82 valence electrons. The molecule has 3 nitrogen and oxygen atoms in total. The third kappa shape index (κ3) is 2.25. The van der Waals surface area contributed by atoms with Gasteiger partial charge in [-0.05, 0) is 31.6 Å². The number of nitrogens with zero attached hydrogens (tertiary/aromatic N) is 2. The Bertz CT molecular complexity index is 366. The molecule has 0 bridgehead atoms. The van der Waals surface area contributed by atoms with Gasteiger partial charge in [-0.25, -0.2) is 0 Å². The molecule has 0 aromatic carbocycles. The van der Waals surface area contributed by atoms with Crippen LogP contribution in [-0.4, -0.2) is 26.1 Å². The van der Waals surface area contributed by atoms with Crippen LogP contribution in [0.2, 0.25) is 0 Å². The predicted octanol–water partition coefficient (Wildman–Crippen LogP) is 1.82. The highest BCUT2D eigenvalue weighted by Crippen LogP contribution is 2.38. The van der Waals surface area contributed by atoms with E-state index in [9.17, 15) is 4.79 Å². The van der Waals surface area contributed by atoms with Crippen LogP contribution in [0.1, 0.15) is 25.5 Å². The molecule has 0 radical (unpaired) electrons. The van der Waals surface area contributed by atoms with Crippen LogP contribution in [0.5, 0.6) is 0 Å². The Balaban J connectivity index is 2.03. The molecule has 2 heterocycles. The minimum atomic E-state index is -0.155. The zero-order chi connectivity index (χ0) is 10.9. The highest BCUT2D eigenvalue weighted by molar-refractivity contribution is 8.01. The maximum absolute atomic E-state index is 12.1. The van der Waals surface area contributed by atoms with Gasteiger partial charge < -0.3 is 0 Å². The van der Waals surface area contributed by atoms with Gasteiger partial charge in [0.05, 0.1) is 16.9 Å². The second kappa shape index (κ2) is 4.00. The van der Waals surface area contributed by atoms with E-state index in [2.05, 4.69) is 12.0 Å². The third-order valence-electron chi connectivity index (χ3n) is 2.92. The van der Waals surface area contributed by atoms with Crippen molar-refractivity contribution in [3.63, 3.8) is 0 Å². The molecule has 2 rings (SSSR count). The SMILES string of the molecule is Cn1ccc(CC(=O)C2(C)CCCS2)n1. The highest BCUT2D eigenvalue weighted by atomic mass is 32.2. The summed E-state index contributed by atoms with van der Waals surface area (Å²) in [6.45, 7) is 2.07. The molecule has 1 aliphatic rings. The van der Waals surface area contributed by atoms with Crippen LogP contribution in [0, 0.1) is 0 Å². The Morgan fingerprint density at radius 2 is 2.53 bits per heavy atom. The third-order valence-corrected chi connectivity index (χ3v) is 4.48. The minimum Gasteiger partial charge on any atom is -0.298 e. The molecule has 1 aliphatic heterocycles. The zero-order valence-electron chi connectivity index (χ0n) is 9.19. The fourth-order valence-corrected chi connectivity index (χ4v) is 3.17. The van der Waals surface area contributed by atoms with E-state index < -0.39 is 0 Å². The van der Waals surface area contributed by atoms with E-state index in [0.29, 0.717) is 12.2 Å². The van der Waals surface area contributed by atoms with Gasteiger partial charge in [0.15, 0.2) is 5.78 Å². The van der Waals surface area contributed by atoms with Crippen LogP contribution in [-0.2, 0) is 18.3 Å². The number of thioether (sulfide) groups is 1. The van der Waals surface area contributed by atoms with Crippen molar-refractivity contribution in [3.05, 3.63) is 18.0 Å². The van der Waals surface area contributed by atoms with Gasteiger partial charge in [-0.15, -0.1) is 11.8 Å². The molecule has 15 heavy (non-hydrogen) atoms. The summed E-state index contributed by atoms with van der Waals surface area (Å²) >= 11 is 1.79. The number of hydrogen-bond acceptors (Lipinski definition) is 3. The highest BCUT2D eigenvalue weighted by Gasteiger charge is 2.36. The summed E-state index contributed by atoms with van der Waals surface area (Å²) in [5, 5.41) is 4.24. The lowest BCUT2D eigenvalue weighted by molar-refractivity contribution is -0.120. The summed E-state index contributed by atoms with van der Waals surface area (Å²) in [5.74, 6) is 1.44. The molecular formula is C11H16N2OS. The lowest BCUT2D eigenvalue weighted by Gasteiger charge is -2.19. The maximum atomic E-state index is 12.1. The van der Waals surface area contributed by atoms with E-state index in [1.807, 2.05) is 19.3 Å². The van der Waals surface area contributed by atoms with Crippen molar-refractivity contribution in [2.45, 2.75) is 30.9 Å². The van der Waals surface area contributed by atoms with Gasteiger partial charge >= 0.3 is 0 Å². The van der Waals surface area contributed by atoms with Crippen molar-refractivity contribution < 1.29 is 4.79 Å². The second-order valence-electron chi connectivity index (χ2n) is 4.26. The predicted molar refractivity (Wildman–Crippen MR) is 62.0 cm³/mol. The van der Waals surface area contributed by atoms with Gasteiger partial charge in [0, 0.05) is 13.2 Å². The molecule has 1 aromatic heterocycles. The number of carbonyl (C=O) groups excluding carboxylic acids is 1. The Morgan fingerprint density at radius 1 is 1.73 bits per heavy atom. The van der Waals surface area contributed by atoms with Crippen molar-refractivity contribution in [2.24, 2.45) is 7.05 Å². The number of Topliss-reactive ketones (excluding diaryl/α,β-unsaturated/α-hetero) is 1. The lowest BCUT2D eigenvalue weighted by atomic mass is 9.97. The van der Waals surface area contributed by atoms with Crippen molar-refractivity contribution in [1.29, 1.82) is 0 Å². The fraction of sp³-hybridized carbons (Fsp3) is 0.636. The standard InChI is InChI=1S/C11H16N2OS/c1-11(5-3-7-15-11)10(14)8-9-4-6-13(2)12-9/h4,6H,3,5,7-8H2,1-2H3. The minimum absolute atomic E-state index is 0.155. The van der Waals surface area contributed by atoms with E-state index in [1.165, 1.54) is 0 Å². The van der Waals surface area contributed by atoms with Gasteiger partial charge in [0.2, 0.25) is 0 Å². The summed E-state index contributed by atoms with van der Waals surface area (Å²) in [4.78, 5) is 12.1. The van der Waals surface area contributed by atoms with Crippen molar-refractivity contribution in [3.8, 4) is 0 Å². The van der Waals surface area contributed by atoms with Crippen molar-refractivity contribution in [1.82, 2.24) is 9.78 Å². The van der Waals surface area contributed by atoms with Crippen LogP contribution in [0.4, 0.5) is 0 Å². The first-order chi connectivity index (χ1) is 7.10. The Kier molecular flexibility index (Phi) is 2.87. The van der Waals surface area contributed by atoms with E-state index >= 15 is 0 Å². The first-order valence-electron chi connectivity index (χ1n) is 5.26. The van der Waals surface area contributed by atoms with E-state index in [-0.39, 0.29) is 4.75 Å². The average molecular weight is 224 g/mol. The first-order valence-corrected chi connectivity index (χ1v) is 6.24. The normalized spacial score (nSPS) is 25.7. The lowest BCUT2D eigenvalue weighted by Crippen LogP contribution is -2.30.